The molecule has 1 saturated heterocycles. The molecule has 0 aliphatic carbocycles. The molecule has 1 heterocycles. The van der Waals surface area contributed by atoms with Crippen molar-refractivity contribution in [2.24, 2.45) is 4.99 Å². The summed E-state index contributed by atoms with van der Waals surface area (Å²) in [6, 6.07) is 18.2. The fourth-order valence-corrected chi connectivity index (χ4v) is 3.70. The molecule has 160 valence electrons. The molecule has 2 aromatic carbocycles. The van der Waals surface area contributed by atoms with E-state index in [4.69, 9.17) is 4.99 Å². The molecule has 30 heavy (non-hydrogen) atoms. The summed E-state index contributed by atoms with van der Waals surface area (Å²) >= 11 is 0. The van der Waals surface area contributed by atoms with Crippen LogP contribution in [0, 0.1) is 11.3 Å². The Morgan fingerprint density at radius 1 is 1.20 bits per heavy atom. The third kappa shape index (κ3) is 6.34. The second-order valence-corrected chi connectivity index (χ2v) is 7.18. The van der Waals surface area contributed by atoms with Gasteiger partial charge in [-0.1, -0.05) is 36.4 Å². The molecule has 1 atom stereocenters. The maximum Gasteiger partial charge on any atom is 0.191 e. The van der Waals surface area contributed by atoms with Gasteiger partial charge in [-0.25, -0.2) is 4.99 Å². The molecule has 1 aliphatic heterocycles. The molecule has 3 N–H and O–H groups in total. The molecule has 7 heteroatoms. The number of aliphatic hydroxyl groups excluding tert-OH is 1. The van der Waals surface area contributed by atoms with Crippen LogP contribution < -0.4 is 15.5 Å². The highest BCUT2D eigenvalue weighted by Crippen LogP contribution is 2.23. The number of nitriles is 1. The van der Waals surface area contributed by atoms with Crippen molar-refractivity contribution >= 4 is 35.6 Å². The topological polar surface area (TPSA) is 83.7 Å². The van der Waals surface area contributed by atoms with E-state index in [9.17, 15) is 10.4 Å². The molecule has 3 rings (SSSR count). The first kappa shape index (κ1) is 24.0. The second-order valence-electron chi connectivity index (χ2n) is 7.18. The number of hydrogen-bond donors (Lipinski definition) is 3. The lowest BCUT2D eigenvalue weighted by molar-refractivity contribution is 0.280. The van der Waals surface area contributed by atoms with Crippen LogP contribution in [0.15, 0.2) is 53.5 Å². The van der Waals surface area contributed by atoms with Crippen LogP contribution >= 0.6 is 24.0 Å². The van der Waals surface area contributed by atoms with Crippen LogP contribution in [0.2, 0.25) is 0 Å². The quantitative estimate of drug-likeness (QED) is 0.310. The molecule has 0 aromatic heterocycles. The highest BCUT2D eigenvalue weighted by Gasteiger charge is 2.22. The minimum absolute atomic E-state index is 0. The van der Waals surface area contributed by atoms with Gasteiger partial charge in [0.05, 0.1) is 24.4 Å². The van der Waals surface area contributed by atoms with Crippen molar-refractivity contribution in [1.82, 2.24) is 10.6 Å². The van der Waals surface area contributed by atoms with E-state index in [1.807, 2.05) is 48.5 Å². The summed E-state index contributed by atoms with van der Waals surface area (Å²) in [6.07, 6.45) is 2.12. The van der Waals surface area contributed by atoms with Crippen molar-refractivity contribution in [3.05, 3.63) is 65.2 Å². The highest BCUT2D eigenvalue weighted by molar-refractivity contribution is 14.0. The zero-order chi connectivity index (χ0) is 20.5. The Morgan fingerprint density at radius 2 is 1.93 bits per heavy atom. The van der Waals surface area contributed by atoms with Crippen LogP contribution in [0.1, 0.15) is 36.5 Å². The first-order chi connectivity index (χ1) is 14.2. The molecule has 2 aromatic rings. The van der Waals surface area contributed by atoms with Crippen LogP contribution in [-0.2, 0) is 13.2 Å². The van der Waals surface area contributed by atoms with Gasteiger partial charge in [0.25, 0.3) is 0 Å². The van der Waals surface area contributed by atoms with Gasteiger partial charge >= 0.3 is 0 Å². The Morgan fingerprint density at radius 3 is 2.67 bits per heavy atom. The van der Waals surface area contributed by atoms with Crippen LogP contribution in [-0.4, -0.2) is 36.7 Å². The molecular weight excluding hydrogens is 489 g/mol. The number of hydrogen-bond acceptors (Lipinski definition) is 4. The standard InChI is InChI=1S/C23H29N5O.HI/c1-2-25-23(26-15-19-9-3-4-10-20(19)17-29)27-21-11-7-13-28(16-21)22-12-6-5-8-18(22)14-24;/h3-6,8-10,12,21,29H,2,7,11,13,15-17H2,1H3,(H2,25,26,27);1H. The average molecular weight is 519 g/mol. The minimum Gasteiger partial charge on any atom is -0.392 e. The van der Waals surface area contributed by atoms with Crippen LogP contribution in [0.3, 0.4) is 0 Å². The summed E-state index contributed by atoms with van der Waals surface area (Å²) in [5.41, 5.74) is 3.65. The summed E-state index contributed by atoms with van der Waals surface area (Å²) in [6.45, 7) is 5.15. The monoisotopic (exact) mass is 519 g/mol. The predicted octanol–water partition coefficient (Wildman–Crippen LogP) is 3.39. The summed E-state index contributed by atoms with van der Waals surface area (Å²) < 4.78 is 0. The van der Waals surface area contributed by atoms with Crippen molar-refractivity contribution in [3.63, 3.8) is 0 Å². The fraction of sp³-hybridized carbons (Fsp3) is 0.391. The first-order valence-corrected chi connectivity index (χ1v) is 10.2. The van der Waals surface area contributed by atoms with Crippen LogP contribution in [0.4, 0.5) is 5.69 Å². The van der Waals surface area contributed by atoms with Gasteiger partial charge < -0.3 is 20.6 Å². The van der Waals surface area contributed by atoms with E-state index in [-0.39, 0.29) is 36.6 Å². The number of halogens is 1. The fourth-order valence-electron chi connectivity index (χ4n) is 3.70. The molecule has 1 aliphatic rings. The van der Waals surface area contributed by atoms with E-state index in [2.05, 4.69) is 28.5 Å². The van der Waals surface area contributed by atoms with E-state index in [1.165, 1.54) is 0 Å². The number of aliphatic imine (C=N–C) groups is 1. The number of guanidine groups is 1. The van der Waals surface area contributed by atoms with Crippen molar-refractivity contribution in [2.75, 3.05) is 24.5 Å². The predicted molar refractivity (Wildman–Crippen MR) is 132 cm³/mol. The maximum atomic E-state index is 9.52. The molecule has 1 unspecified atom stereocenters. The normalized spacial score (nSPS) is 16.4. The Hall–Kier alpha value is -2.31. The molecule has 0 saturated carbocycles. The second kappa shape index (κ2) is 12.4. The SMILES string of the molecule is CCNC(=NCc1ccccc1CO)NC1CCCN(c2ccccc2C#N)C1.I. The largest absolute Gasteiger partial charge is 0.392 e. The van der Waals surface area contributed by atoms with Crippen molar-refractivity contribution in [2.45, 2.75) is 39.0 Å². The third-order valence-corrected chi connectivity index (χ3v) is 5.17. The summed E-state index contributed by atoms with van der Waals surface area (Å²) in [5.74, 6) is 0.778. The van der Waals surface area contributed by atoms with E-state index in [1.54, 1.807) is 0 Å². The molecule has 0 radical (unpaired) electrons. The van der Waals surface area contributed by atoms with E-state index in [0.717, 1.165) is 55.2 Å². The minimum atomic E-state index is 0. The number of aliphatic hydroxyl groups is 1. The number of piperidine rings is 1. The number of nitrogens with zero attached hydrogens (tertiary/aromatic N) is 3. The Bertz CT molecular complexity index is 880. The molecular formula is C23H30IN5O. The molecule has 0 spiro atoms. The summed E-state index contributed by atoms with van der Waals surface area (Å²) in [7, 11) is 0. The summed E-state index contributed by atoms with van der Waals surface area (Å²) in [4.78, 5) is 7.01. The number of para-hydroxylation sites is 1. The zero-order valence-electron chi connectivity index (χ0n) is 17.3. The highest BCUT2D eigenvalue weighted by atomic mass is 127. The number of nitrogens with one attached hydrogen (secondary N) is 2. The van der Waals surface area contributed by atoms with Crippen molar-refractivity contribution < 1.29 is 5.11 Å². The van der Waals surface area contributed by atoms with Crippen LogP contribution in [0.5, 0.6) is 0 Å². The number of benzene rings is 2. The van der Waals surface area contributed by atoms with Gasteiger partial charge in [-0.3, -0.25) is 0 Å². The van der Waals surface area contributed by atoms with Gasteiger partial charge in [0.1, 0.15) is 6.07 Å². The lowest BCUT2D eigenvalue weighted by Gasteiger charge is -2.35. The Balaban J connectivity index is 0.00000320. The van der Waals surface area contributed by atoms with Crippen molar-refractivity contribution in [3.8, 4) is 6.07 Å². The van der Waals surface area contributed by atoms with Gasteiger partial charge in [0, 0.05) is 25.7 Å². The molecule has 0 amide bonds. The molecule has 0 bridgehead atoms. The van der Waals surface area contributed by atoms with Gasteiger partial charge in [-0.15, -0.1) is 24.0 Å². The van der Waals surface area contributed by atoms with E-state index in [0.29, 0.717) is 12.1 Å². The van der Waals surface area contributed by atoms with E-state index < -0.39 is 0 Å². The van der Waals surface area contributed by atoms with Gasteiger partial charge in [0.15, 0.2) is 5.96 Å². The lowest BCUT2D eigenvalue weighted by Crippen LogP contribution is -2.51. The van der Waals surface area contributed by atoms with Gasteiger partial charge in [-0.05, 0) is 43.0 Å². The van der Waals surface area contributed by atoms with Gasteiger partial charge in [-0.2, -0.15) is 5.26 Å². The number of anilines is 1. The van der Waals surface area contributed by atoms with Gasteiger partial charge in [0.2, 0.25) is 0 Å². The average Bonchev–Trinajstić information content (AvgIpc) is 2.78. The third-order valence-electron chi connectivity index (χ3n) is 5.17. The molecule has 6 nitrogen and oxygen atoms in total. The van der Waals surface area contributed by atoms with Crippen LogP contribution in [0.25, 0.3) is 0 Å². The first-order valence-electron chi connectivity index (χ1n) is 10.2. The lowest BCUT2D eigenvalue weighted by atomic mass is 10.0. The van der Waals surface area contributed by atoms with Crippen molar-refractivity contribution in [1.29, 1.82) is 5.26 Å². The smallest absolute Gasteiger partial charge is 0.191 e. The number of rotatable bonds is 6. The Kier molecular flexibility index (Phi) is 9.91. The van der Waals surface area contributed by atoms with E-state index >= 15 is 0 Å². The Labute approximate surface area is 196 Å². The maximum absolute atomic E-state index is 9.52. The summed E-state index contributed by atoms with van der Waals surface area (Å²) in [5, 5.41) is 25.8. The zero-order valence-corrected chi connectivity index (χ0v) is 19.7. The molecule has 1 fully saturated rings.